The first-order valence-electron chi connectivity index (χ1n) is 14.6. The molecule has 3 N–H and O–H groups in total. The van der Waals surface area contributed by atoms with Gasteiger partial charge in [-0.15, -0.1) is 5.92 Å². The highest BCUT2D eigenvalue weighted by atomic mass is 35.5. The van der Waals surface area contributed by atoms with Crippen molar-refractivity contribution in [2.24, 2.45) is 0 Å². The van der Waals surface area contributed by atoms with Crippen LogP contribution in [0.1, 0.15) is 54.2 Å². The second-order valence-electron chi connectivity index (χ2n) is 10.9. The van der Waals surface area contributed by atoms with E-state index in [0.29, 0.717) is 41.0 Å². The lowest BCUT2D eigenvalue weighted by molar-refractivity contribution is -0.111. The minimum atomic E-state index is -0.253. The van der Waals surface area contributed by atoms with Crippen LogP contribution in [0.2, 0.25) is 5.02 Å². The fourth-order valence-electron chi connectivity index (χ4n) is 4.99. The summed E-state index contributed by atoms with van der Waals surface area (Å²) in [5, 5.41) is 9.78. The van der Waals surface area contributed by atoms with Gasteiger partial charge in [-0.3, -0.25) is 9.59 Å². The quantitative estimate of drug-likeness (QED) is 0.198. The normalized spacial score (nSPS) is 16.5. The molecule has 2 atom stereocenters. The molecule has 1 fully saturated rings. The van der Waals surface area contributed by atoms with Gasteiger partial charge in [0, 0.05) is 30.3 Å². The van der Waals surface area contributed by atoms with E-state index in [0.717, 1.165) is 36.0 Å². The van der Waals surface area contributed by atoms with E-state index < -0.39 is 0 Å². The van der Waals surface area contributed by atoms with Gasteiger partial charge in [0.15, 0.2) is 0 Å². The van der Waals surface area contributed by atoms with E-state index in [-0.39, 0.29) is 23.9 Å². The summed E-state index contributed by atoms with van der Waals surface area (Å²) in [7, 11) is 3.85. The summed E-state index contributed by atoms with van der Waals surface area (Å²) >= 11 is 6.58. The second-order valence-corrected chi connectivity index (χ2v) is 11.3. The molecule has 2 aromatic heterocycles. The Bertz CT molecular complexity index is 1590. The number of pyridine rings is 1. The van der Waals surface area contributed by atoms with Crippen molar-refractivity contribution < 1.29 is 9.59 Å². The van der Waals surface area contributed by atoms with Crippen molar-refractivity contribution in [2.45, 2.75) is 51.6 Å². The van der Waals surface area contributed by atoms with E-state index in [1.807, 2.05) is 56.3 Å². The van der Waals surface area contributed by atoms with E-state index >= 15 is 0 Å². The Kier molecular flexibility index (Phi) is 11.6. The summed E-state index contributed by atoms with van der Waals surface area (Å²) in [6.07, 6.45) is 13.6. The Morgan fingerprint density at radius 2 is 1.93 bits per heavy atom. The molecule has 1 saturated carbocycles. The molecule has 9 nitrogen and oxygen atoms in total. The molecule has 0 radical (unpaired) electrons. The highest BCUT2D eigenvalue weighted by Crippen LogP contribution is 2.32. The van der Waals surface area contributed by atoms with Crippen LogP contribution < -0.4 is 16.0 Å². The molecule has 1 aromatic carbocycles. The van der Waals surface area contributed by atoms with E-state index in [4.69, 9.17) is 16.6 Å². The monoisotopic (exact) mass is 611 g/mol. The maximum atomic E-state index is 13.0. The van der Waals surface area contributed by atoms with Gasteiger partial charge in [0.1, 0.15) is 5.69 Å². The van der Waals surface area contributed by atoms with Crippen molar-refractivity contribution in [3.8, 4) is 23.1 Å². The average molecular weight is 612 g/mol. The molecule has 10 heteroatoms. The van der Waals surface area contributed by atoms with E-state index in [1.54, 1.807) is 31.3 Å². The number of aryl methyl sites for hydroxylation is 1. The molecule has 0 spiro atoms. The third-order valence-electron chi connectivity index (χ3n) is 7.15. The molecule has 3 aromatic rings. The summed E-state index contributed by atoms with van der Waals surface area (Å²) in [6, 6.07) is 9.35. The lowest BCUT2D eigenvalue weighted by Gasteiger charge is -2.30. The Balaban J connectivity index is 1.38. The van der Waals surface area contributed by atoms with E-state index in [2.05, 4.69) is 37.8 Å². The molecule has 228 valence electrons. The average Bonchev–Trinajstić information content (AvgIpc) is 2.99. The number of carbonyl (C=O) groups excluding carboxylic acids is 2. The number of hydrogen-bond acceptors (Lipinski definition) is 7. The molecule has 44 heavy (non-hydrogen) atoms. The molecule has 0 aliphatic heterocycles. The number of nitrogens with zero attached hydrogens (tertiary/aromatic N) is 4. The number of hydrogen-bond donors (Lipinski definition) is 3. The zero-order valence-corrected chi connectivity index (χ0v) is 26.3. The summed E-state index contributed by atoms with van der Waals surface area (Å²) in [4.78, 5) is 40.5. The third-order valence-corrected chi connectivity index (χ3v) is 7.42. The smallest absolute Gasteiger partial charge is 0.270 e. The maximum Gasteiger partial charge on any atom is 0.270 e. The highest BCUT2D eigenvalue weighted by Gasteiger charge is 2.25. The zero-order chi connectivity index (χ0) is 31.5. The van der Waals surface area contributed by atoms with Crippen LogP contribution in [0, 0.1) is 18.8 Å². The molecule has 0 saturated heterocycles. The summed E-state index contributed by atoms with van der Waals surface area (Å²) < 4.78 is 0. The standard InChI is InChI=1S/C34H38ClN7O2/c1-5-6-7-14-27-23(2)11-8-15-28(27)32-29(35)22-37-34(41-32)40-25-13-9-12-24(20-25)39-33(44)30-18-17-26(21-36-30)38-31(43)16-10-19-42(3)4/h7-8,10-11,14-18,21-22,24-25H,9,12-13,19-20H2,1-4H3,(H,38,43)(H,39,44)(H,37,40,41)/b14-7-,16-10+/t24-,25+/m0/s1. The molecule has 2 heterocycles. The van der Waals surface area contributed by atoms with Crippen LogP contribution in [-0.2, 0) is 4.79 Å². The van der Waals surface area contributed by atoms with Crippen LogP contribution in [0.25, 0.3) is 17.3 Å². The lowest BCUT2D eigenvalue weighted by Crippen LogP contribution is -2.42. The topological polar surface area (TPSA) is 112 Å². The molecular weight excluding hydrogens is 574 g/mol. The summed E-state index contributed by atoms with van der Waals surface area (Å²) in [5.41, 5.74) is 4.46. The molecule has 0 bridgehead atoms. The van der Waals surface area contributed by atoms with Crippen LogP contribution in [0.5, 0.6) is 0 Å². The van der Waals surface area contributed by atoms with Crippen molar-refractivity contribution in [3.05, 3.63) is 82.8 Å². The fraction of sp³-hybridized carbons (Fsp3) is 0.324. The first-order chi connectivity index (χ1) is 21.2. The van der Waals surface area contributed by atoms with Crippen LogP contribution in [0.3, 0.4) is 0 Å². The van der Waals surface area contributed by atoms with Gasteiger partial charge in [0.05, 0.1) is 28.8 Å². The number of nitrogens with one attached hydrogen (secondary N) is 3. The van der Waals surface area contributed by atoms with Crippen molar-refractivity contribution >= 4 is 41.1 Å². The zero-order valence-electron chi connectivity index (χ0n) is 25.5. The highest BCUT2D eigenvalue weighted by molar-refractivity contribution is 6.33. The second kappa shape index (κ2) is 15.8. The van der Waals surface area contributed by atoms with Gasteiger partial charge < -0.3 is 20.9 Å². The number of amides is 2. The number of halogens is 1. The van der Waals surface area contributed by atoms with Crippen molar-refractivity contribution in [3.63, 3.8) is 0 Å². The first kappa shape index (κ1) is 32.4. The van der Waals surface area contributed by atoms with E-state index in [1.165, 1.54) is 12.3 Å². The van der Waals surface area contributed by atoms with Crippen molar-refractivity contribution in [1.82, 2.24) is 25.2 Å². The minimum absolute atomic E-state index is 0.0308. The van der Waals surface area contributed by atoms with Gasteiger partial charge in [-0.1, -0.05) is 41.8 Å². The first-order valence-corrected chi connectivity index (χ1v) is 15.0. The molecule has 1 aliphatic rings. The van der Waals surface area contributed by atoms with Gasteiger partial charge in [0.25, 0.3) is 5.91 Å². The van der Waals surface area contributed by atoms with Gasteiger partial charge in [-0.05, 0) is 89.0 Å². The Morgan fingerprint density at radius 3 is 2.68 bits per heavy atom. The molecule has 1 aliphatic carbocycles. The number of likely N-dealkylation sites (N-methyl/N-ethyl adjacent to an activating group) is 1. The van der Waals surface area contributed by atoms with Crippen molar-refractivity contribution in [1.29, 1.82) is 0 Å². The predicted octanol–water partition coefficient (Wildman–Crippen LogP) is 5.75. The predicted molar refractivity (Wildman–Crippen MR) is 177 cm³/mol. The van der Waals surface area contributed by atoms with Gasteiger partial charge in [0.2, 0.25) is 11.9 Å². The van der Waals surface area contributed by atoms with Crippen LogP contribution in [-0.4, -0.2) is 64.4 Å². The summed E-state index contributed by atoms with van der Waals surface area (Å²) in [5.74, 6) is 5.83. The third kappa shape index (κ3) is 9.24. The molecule has 0 unspecified atom stereocenters. The SMILES string of the molecule is CC#C/C=C\c1c(C)cccc1-c1nc(N[C@@H]2CCC[C@H](NC(=O)c3ccc(NC(=O)/C=C/CN(C)C)cn3)C2)ncc1Cl. The number of anilines is 2. The van der Waals surface area contributed by atoms with Gasteiger partial charge in [-0.25, -0.2) is 15.0 Å². The number of benzene rings is 1. The van der Waals surface area contributed by atoms with Gasteiger partial charge >= 0.3 is 0 Å². The number of aromatic nitrogens is 3. The summed E-state index contributed by atoms with van der Waals surface area (Å²) in [6.45, 7) is 4.51. The number of rotatable bonds is 10. The Labute approximate surface area is 264 Å². The van der Waals surface area contributed by atoms with Crippen LogP contribution >= 0.6 is 11.6 Å². The number of allylic oxidation sites excluding steroid dienone is 1. The van der Waals surface area contributed by atoms with Crippen LogP contribution in [0.4, 0.5) is 11.6 Å². The molecule has 4 rings (SSSR count). The molecular formula is C34H38ClN7O2. The molecule has 2 amide bonds. The fourth-order valence-corrected chi connectivity index (χ4v) is 5.19. The largest absolute Gasteiger partial charge is 0.351 e. The minimum Gasteiger partial charge on any atom is -0.351 e. The van der Waals surface area contributed by atoms with E-state index in [9.17, 15) is 9.59 Å². The Hall–Kier alpha value is -4.52. The Morgan fingerprint density at radius 1 is 1.11 bits per heavy atom. The maximum absolute atomic E-state index is 13.0. The van der Waals surface area contributed by atoms with Gasteiger partial charge in [-0.2, -0.15) is 0 Å². The van der Waals surface area contributed by atoms with Crippen molar-refractivity contribution in [2.75, 3.05) is 31.3 Å². The lowest BCUT2D eigenvalue weighted by atomic mass is 9.91. The van der Waals surface area contributed by atoms with Crippen LogP contribution in [0.15, 0.2) is 61.0 Å². The number of carbonyl (C=O) groups is 2.